The molecule has 4 heterocycles. The molecule has 0 aliphatic carbocycles. The fourth-order valence-electron chi connectivity index (χ4n) is 3.64. The number of rotatable bonds is 4. The van der Waals surface area contributed by atoms with E-state index in [-0.39, 0.29) is 18.0 Å². The lowest BCUT2D eigenvalue weighted by Gasteiger charge is -2.35. The van der Waals surface area contributed by atoms with Crippen LogP contribution in [0.25, 0.3) is 0 Å². The van der Waals surface area contributed by atoms with Crippen LogP contribution in [-0.4, -0.2) is 55.3 Å². The molecule has 1 unspecified atom stereocenters. The van der Waals surface area contributed by atoms with Crippen molar-refractivity contribution in [1.82, 2.24) is 15.3 Å². The smallest absolute Gasteiger partial charge is 0.329 e. The standard InChI is InChI=1S/C20H26N6O2Si/c1-29(2,3)13-22-19(27)15-7-8-16-18(23-15)26(14-9-11-25(16)12-14)20(28)24-17-6-4-5-10-21-17/h4-8,10,14H,9,11-13H2,1-3H3,(H,22,27)(H,21,24,28). The Morgan fingerprint density at radius 2 is 2.03 bits per heavy atom. The van der Waals surface area contributed by atoms with Gasteiger partial charge in [-0.3, -0.25) is 15.0 Å². The van der Waals surface area contributed by atoms with Gasteiger partial charge >= 0.3 is 6.03 Å². The highest BCUT2D eigenvalue weighted by Gasteiger charge is 2.40. The van der Waals surface area contributed by atoms with E-state index in [2.05, 4.69) is 45.1 Å². The van der Waals surface area contributed by atoms with Gasteiger partial charge in [-0.05, 0) is 30.7 Å². The molecule has 8 nitrogen and oxygen atoms in total. The Labute approximate surface area is 171 Å². The summed E-state index contributed by atoms with van der Waals surface area (Å²) in [5, 5.41) is 5.84. The van der Waals surface area contributed by atoms with Gasteiger partial charge in [-0.15, -0.1) is 0 Å². The molecule has 2 aromatic rings. The minimum Gasteiger partial charge on any atom is -0.366 e. The summed E-state index contributed by atoms with van der Waals surface area (Å²) in [6.45, 7) is 8.23. The second-order valence-corrected chi connectivity index (χ2v) is 14.2. The van der Waals surface area contributed by atoms with Gasteiger partial charge in [-0.25, -0.2) is 14.8 Å². The Morgan fingerprint density at radius 3 is 2.76 bits per heavy atom. The van der Waals surface area contributed by atoms with Crippen LogP contribution in [0, 0.1) is 0 Å². The molecule has 3 amide bonds. The normalized spacial score (nSPS) is 17.7. The average molecular weight is 411 g/mol. The Kier molecular flexibility index (Phi) is 4.99. The summed E-state index contributed by atoms with van der Waals surface area (Å²) in [4.78, 5) is 38.4. The van der Waals surface area contributed by atoms with Crippen LogP contribution in [0.3, 0.4) is 0 Å². The second-order valence-electron chi connectivity index (χ2n) is 8.69. The number of amides is 3. The first-order valence-corrected chi connectivity index (χ1v) is 13.6. The van der Waals surface area contributed by atoms with Crippen LogP contribution in [0.2, 0.25) is 19.6 Å². The largest absolute Gasteiger partial charge is 0.366 e. The molecule has 2 aromatic heterocycles. The number of nitrogens with zero attached hydrogens (tertiary/aromatic N) is 4. The summed E-state index contributed by atoms with van der Waals surface area (Å²) in [6, 6.07) is 8.76. The highest BCUT2D eigenvalue weighted by molar-refractivity contribution is 6.76. The van der Waals surface area contributed by atoms with E-state index in [1.165, 1.54) is 0 Å². The van der Waals surface area contributed by atoms with Crippen LogP contribution in [0.1, 0.15) is 16.9 Å². The molecule has 9 heteroatoms. The van der Waals surface area contributed by atoms with Crippen LogP contribution < -0.4 is 20.4 Å². The molecule has 2 aliphatic rings. The number of fused-ring (bicyclic) bond motifs is 4. The molecular weight excluding hydrogens is 384 g/mol. The Bertz CT molecular complexity index is 930. The topological polar surface area (TPSA) is 90.5 Å². The van der Waals surface area contributed by atoms with E-state index in [1.54, 1.807) is 29.3 Å². The van der Waals surface area contributed by atoms with E-state index in [0.29, 0.717) is 23.5 Å². The Morgan fingerprint density at radius 1 is 1.21 bits per heavy atom. The summed E-state index contributed by atoms with van der Waals surface area (Å²) < 4.78 is 0. The summed E-state index contributed by atoms with van der Waals surface area (Å²) in [6.07, 6.45) is 3.18. The van der Waals surface area contributed by atoms with Gasteiger partial charge in [0.1, 0.15) is 11.5 Å². The monoisotopic (exact) mass is 410 g/mol. The summed E-state index contributed by atoms with van der Waals surface area (Å²) in [5.74, 6) is 0.824. The lowest BCUT2D eigenvalue weighted by molar-refractivity contribution is 0.0954. The minimum atomic E-state index is -1.42. The quantitative estimate of drug-likeness (QED) is 0.757. The van der Waals surface area contributed by atoms with E-state index >= 15 is 0 Å². The number of anilines is 3. The highest BCUT2D eigenvalue weighted by atomic mass is 28.3. The molecule has 0 spiro atoms. The zero-order chi connectivity index (χ0) is 20.6. The molecule has 0 saturated carbocycles. The number of nitrogens with one attached hydrogen (secondary N) is 2. The summed E-state index contributed by atoms with van der Waals surface area (Å²) in [5.41, 5.74) is 1.22. The number of hydrogen-bond acceptors (Lipinski definition) is 5. The van der Waals surface area contributed by atoms with Crippen molar-refractivity contribution in [2.24, 2.45) is 0 Å². The molecule has 2 bridgehead atoms. The Balaban J connectivity index is 1.62. The summed E-state index contributed by atoms with van der Waals surface area (Å²) >= 11 is 0. The molecule has 29 heavy (non-hydrogen) atoms. The maximum absolute atomic E-state index is 13.1. The molecule has 2 aliphatic heterocycles. The second kappa shape index (κ2) is 7.47. The number of carbonyl (C=O) groups excluding carboxylic acids is 2. The maximum atomic E-state index is 13.1. The lowest BCUT2D eigenvalue weighted by atomic mass is 10.1. The molecule has 4 rings (SSSR count). The van der Waals surface area contributed by atoms with E-state index in [1.807, 2.05) is 12.1 Å². The molecule has 0 radical (unpaired) electrons. The highest BCUT2D eigenvalue weighted by Crippen LogP contribution is 2.39. The maximum Gasteiger partial charge on any atom is 0.329 e. The number of pyridine rings is 2. The van der Waals surface area contributed by atoms with Crippen LogP contribution in [0.5, 0.6) is 0 Å². The van der Waals surface area contributed by atoms with Crippen molar-refractivity contribution < 1.29 is 9.59 Å². The number of carbonyl (C=O) groups is 2. The molecule has 2 N–H and O–H groups in total. The van der Waals surface area contributed by atoms with Gasteiger partial charge in [-0.1, -0.05) is 25.7 Å². The molecule has 1 fully saturated rings. The predicted octanol–water partition coefficient (Wildman–Crippen LogP) is 2.71. The van der Waals surface area contributed by atoms with Crippen molar-refractivity contribution in [3.8, 4) is 0 Å². The average Bonchev–Trinajstić information content (AvgIpc) is 3.10. The zero-order valence-electron chi connectivity index (χ0n) is 17.0. The molecular formula is C20H26N6O2Si. The van der Waals surface area contributed by atoms with Crippen LogP contribution in [0.15, 0.2) is 36.5 Å². The van der Waals surface area contributed by atoms with Crippen molar-refractivity contribution in [3.05, 3.63) is 42.2 Å². The molecule has 1 saturated heterocycles. The van der Waals surface area contributed by atoms with Gasteiger partial charge in [0.05, 0.1) is 19.8 Å². The van der Waals surface area contributed by atoms with Gasteiger partial charge in [0.25, 0.3) is 5.91 Å². The van der Waals surface area contributed by atoms with Gasteiger partial charge in [-0.2, -0.15) is 0 Å². The zero-order valence-corrected chi connectivity index (χ0v) is 18.0. The third-order valence-electron chi connectivity index (χ3n) is 5.08. The van der Waals surface area contributed by atoms with Crippen molar-refractivity contribution in [2.45, 2.75) is 32.1 Å². The van der Waals surface area contributed by atoms with E-state index < -0.39 is 8.07 Å². The van der Waals surface area contributed by atoms with Gasteiger partial charge < -0.3 is 10.2 Å². The van der Waals surface area contributed by atoms with E-state index in [4.69, 9.17) is 0 Å². The van der Waals surface area contributed by atoms with Gasteiger partial charge in [0.2, 0.25) is 0 Å². The number of hydrogen-bond donors (Lipinski definition) is 2. The van der Waals surface area contributed by atoms with Crippen LogP contribution in [-0.2, 0) is 0 Å². The SMILES string of the molecule is C[Si](C)(C)CNC(=O)c1ccc2c(n1)N(C(=O)Nc1ccccn1)C1CCN2C1. The third kappa shape index (κ3) is 4.09. The van der Waals surface area contributed by atoms with Crippen LogP contribution in [0.4, 0.5) is 22.1 Å². The molecule has 0 aromatic carbocycles. The molecule has 1 atom stereocenters. The van der Waals surface area contributed by atoms with Crippen molar-refractivity contribution >= 4 is 37.3 Å². The fraction of sp³-hybridized carbons (Fsp3) is 0.400. The lowest BCUT2D eigenvalue weighted by Crippen LogP contribution is -2.48. The van der Waals surface area contributed by atoms with Crippen molar-refractivity contribution in [2.75, 3.05) is 34.4 Å². The first-order valence-electron chi connectivity index (χ1n) is 9.87. The summed E-state index contributed by atoms with van der Waals surface area (Å²) in [7, 11) is -1.42. The first-order chi connectivity index (χ1) is 13.8. The van der Waals surface area contributed by atoms with E-state index in [9.17, 15) is 9.59 Å². The van der Waals surface area contributed by atoms with Crippen molar-refractivity contribution in [3.63, 3.8) is 0 Å². The van der Waals surface area contributed by atoms with Gasteiger partial charge in [0.15, 0.2) is 5.82 Å². The first kappa shape index (κ1) is 19.4. The van der Waals surface area contributed by atoms with E-state index in [0.717, 1.165) is 25.2 Å². The third-order valence-corrected chi connectivity index (χ3v) is 6.32. The molecule has 152 valence electrons. The number of urea groups is 1. The number of aromatic nitrogens is 2. The minimum absolute atomic E-state index is 0.0269. The Hall–Kier alpha value is -2.94. The van der Waals surface area contributed by atoms with Gasteiger partial charge in [0, 0.05) is 25.5 Å². The van der Waals surface area contributed by atoms with Crippen molar-refractivity contribution in [1.29, 1.82) is 0 Å². The predicted molar refractivity (Wildman–Crippen MR) is 116 cm³/mol. The fourth-order valence-corrected chi connectivity index (χ4v) is 4.33. The van der Waals surface area contributed by atoms with Crippen LogP contribution >= 0.6 is 0 Å².